The molecule has 3 aromatic rings. The molecule has 0 aliphatic rings. The van der Waals surface area contributed by atoms with E-state index < -0.39 is 0 Å². The molecule has 0 fully saturated rings. The number of anilines is 1. The van der Waals surface area contributed by atoms with Gasteiger partial charge >= 0.3 is 0 Å². The van der Waals surface area contributed by atoms with Crippen LogP contribution in [0.4, 0.5) is 5.13 Å². The van der Waals surface area contributed by atoms with Gasteiger partial charge in [-0.15, -0.1) is 12.4 Å². The number of hydrogen-bond acceptors (Lipinski definition) is 5. The van der Waals surface area contributed by atoms with Crippen LogP contribution in [0.2, 0.25) is 5.02 Å². The van der Waals surface area contributed by atoms with E-state index in [4.69, 9.17) is 16.3 Å². The Morgan fingerprint density at radius 3 is 2.50 bits per heavy atom. The third-order valence-corrected chi connectivity index (χ3v) is 5.82. The van der Waals surface area contributed by atoms with Crippen LogP contribution in [0.1, 0.15) is 30.1 Å². The van der Waals surface area contributed by atoms with Gasteiger partial charge in [-0.3, -0.25) is 9.69 Å². The summed E-state index contributed by atoms with van der Waals surface area (Å²) in [7, 11) is 3.97. The van der Waals surface area contributed by atoms with E-state index in [0.717, 1.165) is 35.4 Å². The van der Waals surface area contributed by atoms with Gasteiger partial charge in [0.15, 0.2) is 5.13 Å². The summed E-state index contributed by atoms with van der Waals surface area (Å²) in [5.41, 5.74) is 1.34. The van der Waals surface area contributed by atoms with Crippen LogP contribution in [0.5, 0.6) is 5.75 Å². The molecule has 0 aliphatic heterocycles. The van der Waals surface area contributed by atoms with Gasteiger partial charge in [-0.25, -0.2) is 4.98 Å². The van der Waals surface area contributed by atoms with Crippen molar-refractivity contribution < 1.29 is 9.53 Å². The molecule has 0 atom stereocenters. The number of aromatic nitrogens is 1. The highest BCUT2D eigenvalue weighted by Crippen LogP contribution is 2.33. The molecular weight excluding hydrogens is 441 g/mol. The van der Waals surface area contributed by atoms with Gasteiger partial charge < -0.3 is 9.64 Å². The lowest BCUT2D eigenvalue weighted by Crippen LogP contribution is -2.36. The second-order valence-electron chi connectivity index (χ2n) is 7.07. The summed E-state index contributed by atoms with van der Waals surface area (Å²) in [4.78, 5) is 21.7. The minimum Gasteiger partial charge on any atom is -0.494 e. The maximum atomic E-state index is 13.3. The van der Waals surface area contributed by atoms with Crippen molar-refractivity contribution in [3.8, 4) is 5.75 Å². The molecule has 0 saturated carbocycles. The number of para-hydroxylation sites is 1. The molecule has 1 heterocycles. The molecule has 0 radical (unpaired) electrons. The van der Waals surface area contributed by atoms with Crippen LogP contribution in [0.3, 0.4) is 0 Å². The van der Waals surface area contributed by atoms with Crippen molar-refractivity contribution >= 4 is 56.6 Å². The number of thiazole rings is 1. The number of unbranched alkanes of at least 4 members (excludes halogenated alkanes) is 1. The highest BCUT2D eigenvalue weighted by atomic mass is 35.5. The van der Waals surface area contributed by atoms with Gasteiger partial charge in [0.2, 0.25) is 0 Å². The SMILES string of the molecule is CCCCOc1ccc(C(=O)N(CCN(C)C)c2nc3c(Cl)cccc3s2)cc1.Cl. The Labute approximate surface area is 193 Å². The van der Waals surface area contributed by atoms with Crippen LogP contribution in [0, 0.1) is 0 Å². The van der Waals surface area contributed by atoms with Crippen LogP contribution >= 0.6 is 35.3 Å². The maximum absolute atomic E-state index is 13.3. The van der Waals surface area contributed by atoms with Crippen molar-refractivity contribution in [3.63, 3.8) is 0 Å². The molecule has 162 valence electrons. The van der Waals surface area contributed by atoms with E-state index in [9.17, 15) is 4.79 Å². The first-order valence-corrected chi connectivity index (χ1v) is 10.9. The number of fused-ring (bicyclic) bond motifs is 1. The molecule has 0 unspecified atom stereocenters. The zero-order valence-corrected chi connectivity index (χ0v) is 19.8. The molecule has 8 heteroatoms. The average molecular weight is 468 g/mol. The van der Waals surface area contributed by atoms with Crippen molar-refractivity contribution in [1.29, 1.82) is 0 Å². The Morgan fingerprint density at radius 2 is 1.87 bits per heavy atom. The molecule has 30 heavy (non-hydrogen) atoms. The van der Waals surface area contributed by atoms with Crippen LogP contribution in [-0.2, 0) is 0 Å². The first-order valence-electron chi connectivity index (χ1n) is 9.74. The lowest BCUT2D eigenvalue weighted by molar-refractivity contribution is 0.0985. The summed E-state index contributed by atoms with van der Waals surface area (Å²) in [6.45, 7) is 4.08. The molecule has 0 N–H and O–H groups in total. The number of ether oxygens (including phenoxy) is 1. The lowest BCUT2D eigenvalue weighted by atomic mass is 10.2. The first-order chi connectivity index (χ1) is 14.0. The molecule has 0 bridgehead atoms. The molecule has 0 saturated heterocycles. The van der Waals surface area contributed by atoms with E-state index in [-0.39, 0.29) is 18.3 Å². The maximum Gasteiger partial charge on any atom is 0.260 e. The van der Waals surface area contributed by atoms with Crippen molar-refractivity contribution in [2.24, 2.45) is 0 Å². The first kappa shape index (κ1) is 24.4. The lowest BCUT2D eigenvalue weighted by Gasteiger charge is -2.22. The third-order valence-electron chi connectivity index (χ3n) is 4.47. The van der Waals surface area contributed by atoms with Gasteiger partial charge in [0, 0.05) is 18.7 Å². The van der Waals surface area contributed by atoms with E-state index in [1.54, 1.807) is 4.90 Å². The summed E-state index contributed by atoms with van der Waals surface area (Å²) >= 11 is 7.76. The highest BCUT2D eigenvalue weighted by Gasteiger charge is 2.22. The van der Waals surface area contributed by atoms with Crippen molar-refractivity contribution in [2.45, 2.75) is 19.8 Å². The molecular formula is C22H27Cl2N3O2S. The Kier molecular flexibility index (Phi) is 9.37. The van der Waals surface area contributed by atoms with Gasteiger partial charge in [-0.05, 0) is 56.9 Å². The topological polar surface area (TPSA) is 45.7 Å². The molecule has 1 amide bonds. The Morgan fingerprint density at radius 1 is 1.13 bits per heavy atom. The fraction of sp³-hybridized carbons (Fsp3) is 0.364. The molecule has 0 spiro atoms. The number of nitrogens with zero attached hydrogens (tertiary/aromatic N) is 3. The molecule has 5 nitrogen and oxygen atoms in total. The Bertz CT molecular complexity index is 961. The largest absolute Gasteiger partial charge is 0.494 e. The van der Waals surface area contributed by atoms with E-state index in [2.05, 4.69) is 11.9 Å². The van der Waals surface area contributed by atoms with Crippen LogP contribution in [-0.4, -0.2) is 49.6 Å². The number of rotatable bonds is 9. The monoisotopic (exact) mass is 467 g/mol. The van der Waals surface area contributed by atoms with E-state index in [0.29, 0.717) is 28.9 Å². The Hall–Kier alpha value is -1.86. The minimum absolute atomic E-state index is 0. The second kappa shape index (κ2) is 11.5. The van der Waals surface area contributed by atoms with Gasteiger partial charge in [0.05, 0.1) is 16.3 Å². The number of likely N-dealkylation sites (N-methyl/N-ethyl adjacent to an activating group) is 1. The fourth-order valence-electron chi connectivity index (χ4n) is 2.79. The molecule has 1 aromatic heterocycles. The van der Waals surface area contributed by atoms with Crippen LogP contribution in [0.25, 0.3) is 10.2 Å². The number of carbonyl (C=O) groups excluding carboxylic acids is 1. The predicted molar refractivity (Wildman–Crippen MR) is 129 cm³/mol. The number of amides is 1. The number of hydrogen-bond donors (Lipinski definition) is 0. The summed E-state index contributed by atoms with van der Waals surface area (Å²) in [6, 6.07) is 13.0. The number of carbonyl (C=O) groups is 1. The zero-order valence-electron chi connectivity index (χ0n) is 17.4. The summed E-state index contributed by atoms with van der Waals surface area (Å²) in [6.07, 6.45) is 2.10. The predicted octanol–water partition coefficient (Wildman–Crippen LogP) is 5.76. The Balaban J connectivity index is 0.00000320. The summed E-state index contributed by atoms with van der Waals surface area (Å²) < 4.78 is 6.67. The third kappa shape index (κ3) is 6.08. The standard InChI is InChI=1S/C22H26ClN3O2S.ClH/c1-4-5-15-28-17-11-9-16(10-12-17)21(27)26(14-13-25(2)3)22-24-20-18(23)7-6-8-19(20)29-22;/h6-12H,4-5,13-15H2,1-3H3;1H. The number of halogens is 2. The summed E-state index contributed by atoms with van der Waals surface area (Å²) in [5, 5.41) is 1.25. The van der Waals surface area contributed by atoms with Crippen LogP contribution < -0.4 is 9.64 Å². The molecule has 0 aliphatic carbocycles. The van der Waals surface area contributed by atoms with Crippen molar-refractivity contribution in [2.75, 3.05) is 38.7 Å². The zero-order chi connectivity index (χ0) is 20.8. The quantitative estimate of drug-likeness (QED) is 0.375. The van der Waals surface area contributed by atoms with E-state index in [1.807, 2.05) is 61.5 Å². The second-order valence-corrected chi connectivity index (χ2v) is 8.49. The minimum atomic E-state index is -0.0814. The summed E-state index contributed by atoms with van der Waals surface area (Å²) in [5.74, 6) is 0.698. The van der Waals surface area contributed by atoms with Gasteiger partial charge in [0.1, 0.15) is 11.3 Å². The van der Waals surface area contributed by atoms with Crippen molar-refractivity contribution in [1.82, 2.24) is 9.88 Å². The van der Waals surface area contributed by atoms with Gasteiger partial charge in [-0.1, -0.05) is 42.3 Å². The normalized spacial score (nSPS) is 10.8. The molecule has 3 rings (SSSR count). The van der Waals surface area contributed by atoms with Gasteiger partial charge in [0.25, 0.3) is 5.91 Å². The van der Waals surface area contributed by atoms with Crippen molar-refractivity contribution in [3.05, 3.63) is 53.1 Å². The van der Waals surface area contributed by atoms with Crippen LogP contribution in [0.15, 0.2) is 42.5 Å². The average Bonchev–Trinajstić information content (AvgIpc) is 3.14. The van der Waals surface area contributed by atoms with Gasteiger partial charge in [-0.2, -0.15) is 0 Å². The van der Waals surface area contributed by atoms with E-state index >= 15 is 0 Å². The molecule has 2 aromatic carbocycles. The highest BCUT2D eigenvalue weighted by molar-refractivity contribution is 7.22. The van der Waals surface area contributed by atoms with E-state index in [1.165, 1.54) is 11.3 Å². The fourth-order valence-corrected chi connectivity index (χ4v) is 4.08. The number of benzene rings is 2. The smallest absolute Gasteiger partial charge is 0.260 e.